The largest absolute Gasteiger partial charge is 0.451 e. The van der Waals surface area contributed by atoms with E-state index in [4.69, 9.17) is 4.74 Å². The molecule has 1 atom stereocenters. The van der Waals surface area contributed by atoms with Gasteiger partial charge in [-0.15, -0.1) is 0 Å². The Morgan fingerprint density at radius 1 is 1.35 bits per heavy atom. The average Bonchev–Trinajstić information content (AvgIpc) is 2.76. The van der Waals surface area contributed by atoms with Crippen molar-refractivity contribution in [3.05, 3.63) is 54.1 Å². The fraction of sp³-hybridized carbons (Fsp3) is 0.231. The molecule has 0 radical (unpaired) electrons. The number of hydrogen-bond donors (Lipinski definition) is 0. The van der Waals surface area contributed by atoms with Crippen molar-refractivity contribution >= 4 is 5.97 Å². The van der Waals surface area contributed by atoms with Gasteiger partial charge in [0, 0.05) is 19.4 Å². The van der Waals surface area contributed by atoms with E-state index in [9.17, 15) is 4.79 Å². The third kappa shape index (κ3) is 2.53. The van der Waals surface area contributed by atoms with E-state index in [0.29, 0.717) is 5.69 Å². The Balaban J connectivity index is 2.08. The molecule has 88 valence electrons. The van der Waals surface area contributed by atoms with Crippen molar-refractivity contribution in [2.75, 3.05) is 0 Å². The van der Waals surface area contributed by atoms with Gasteiger partial charge in [0.25, 0.3) is 0 Å². The molecule has 4 nitrogen and oxygen atoms in total. The average molecular weight is 230 g/mol. The maximum atomic E-state index is 11.8. The molecule has 2 rings (SSSR count). The van der Waals surface area contributed by atoms with E-state index in [0.717, 1.165) is 5.69 Å². The second kappa shape index (κ2) is 4.82. The Morgan fingerprint density at radius 2 is 2.18 bits per heavy atom. The van der Waals surface area contributed by atoms with Gasteiger partial charge < -0.3 is 9.30 Å². The number of rotatable bonds is 3. The smallest absolute Gasteiger partial charge is 0.355 e. The molecule has 2 aromatic rings. The first kappa shape index (κ1) is 11.4. The van der Waals surface area contributed by atoms with Crippen LogP contribution in [0.15, 0.2) is 42.7 Å². The van der Waals surface area contributed by atoms with Gasteiger partial charge in [0.05, 0.1) is 5.69 Å². The van der Waals surface area contributed by atoms with Crippen LogP contribution in [0.5, 0.6) is 0 Å². The third-order valence-corrected chi connectivity index (χ3v) is 2.54. The van der Waals surface area contributed by atoms with Crippen LogP contribution in [0.3, 0.4) is 0 Å². The minimum absolute atomic E-state index is 0.337. The SMILES string of the molecule is C[C@@H](OC(=O)c1cccn1C)c1ccccn1. The van der Waals surface area contributed by atoms with Crippen molar-refractivity contribution in [3.8, 4) is 0 Å². The number of carbonyl (C=O) groups excluding carboxylic acids is 1. The van der Waals surface area contributed by atoms with Gasteiger partial charge in [-0.05, 0) is 31.2 Å². The van der Waals surface area contributed by atoms with Crippen LogP contribution in [-0.4, -0.2) is 15.5 Å². The second-order valence-electron chi connectivity index (χ2n) is 3.81. The van der Waals surface area contributed by atoms with Gasteiger partial charge in [0.15, 0.2) is 0 Å². The quantitative estimate of drug-likeness (QED) is 0.760. The Hall–Kier alpha value is -2.10. The standard InChI is InChI=1S/C13H14N2O2/c1-10(11-6-3-4-8-14-11)17-13(16)12-7-5-9-15(12)2/h3-10H,1-2H3/t10-/m1/s1. The van der Waals surface area contributed by atoms with Gasteiger partial charge in [-0.1, -0.05) is 6.07 Å². The van der Waals surface area contributed by atoms with E-state index < -0.39 is 0 Å². The fourth-order valence-corrected chi connectivity index (χ4v) is 1.57. The first-order valence-corrected chi connectivity index (χ1v) is 5.41. The zero-order chi connectivity index (χ0) is 12.3. The highest BCUT2D eigenvalue weighted by Crippen LogP contribution is 2.15. The molecular formula is C13H14N2O2. The monoisotopic (exact) mass is 230 g/mol. The van der Waals surface area contributed by atoms with Crippen molar-refractivity contribution in [2.24, 2.45) is 7.05 Å². The molecule has 0 aromatic carbocycles. The Labute approximate surface area is 99.9 Å². The highest BCUT2D eigenvalue weighted by atomic mass is 16.5. The topological polar surface area (TPSA) is 44.1 Å². The van der Waals surface area contributed by atoms with Crippen LogP contribution in [0.1, 0.15) is 29.2 Å². The summed E-state index contributed by atoms with van der Waals surface area (Å²) in [5.74, 6) is -0.337. The van der Waals surface area contributed by atoms with E-state index in [2.05, 4.69) is 4.98 Å². The van der Waals surface area contributed by atoms with Crippen LogP contribution < -0.4 is 0 Å². The number of carbonyl (C=O) groups is 1. The van der Waals surface area contributed by atoms with Crippen molar-refractivity contribution in [3.63, 3.8) is 0 Å². The van der Waals surface area contributed by atoms with Gasteiger partial charge in [-0.3, -0.25) is 4.98 Å². The van der Waals surface area contributed by atoms with Gasteiger partial charge in [-0.2, -0.15) is 0 Å². The molecular weight excluding hydrogens is 216 g/mol. The van der Waals surface area contributed by atoms with Crippen LogP contribution in [0.4, 0.5) is 0 Å². The molecule has 0 spiro atoms. The Kier molecular flexibility index (Phi) is 3.23. The second-order valence-corrected chi connectivity index (χ2v) is 3.81. The van der Waals surface area contributed by atoms with E-state index in [1.165, 1.54) is 0 Å². The van der Waals surface area contributed by atoms with Crippen molar-refractivity contribution in [1.82, 2.24) is 9.55 Å². The summed E-state index contributed by atoms with van der Waals surface area (Å²) in [6, 6.07) is 9.07. The molecule has 0 bridgehead atoms. The summed E-state index contributed by atoms with van der Waals surface area (Å²) in [5.41, 5.74) is 1.28. The van der Waals surface area contributed by atoms with E-state index in [-0.39, 0.29) is 12.1 Å². The molecule has 0 unspecified atom stereocenters. The summed E-state index contributed by atoms with van der Waals surface area (Å²) >= 11 is 0. The minimum Gasteiger partial charge on any atom is -0.451 e. The molecule has 4 heteroatoms. The Bertz CT molecular complexity index is 505. The predicted octanol–water partition coefficient (Wildman–Crippen LogP) is 2.34. The minimum atomic E-state index is -0.349. The summed E-state index contributed by atoms with van der Waals surface area (Å²) in [5, 5.41) is 0. The maximum Gasteiger partial charge on any atom is 0.355 e. The molecule has 0 N–H and O–H groups in total. The first-order chi connectivity index (χ1) is 8.18. The van der Waals surface area contributed by atoms with E-state index >= 15 is 0 Å². The summed E-state index contributed by atoms with van der Waals surface area (Å²) in [6.07, 6.45) is 3.14. The van der Waals surface area contributed by atoms with Crippen molar-refractivity contribution < 1.29 is 9.53 Å². The molecule has 0 aliphatic carbocycles. The summed E-state index contributed by atoms with van der Waals surface area (Å²) < 4.78 is 7.07. The summed E-state index contributed by atoms with van der Waals surface area (Å²) in [7, 11) is 1.81. The van der Waals surface area contributed by atoms with Crippen LogP contribution >= 0.6 is 0 Å². The number of ether oxygens (including phenoxy) is 1. The zero-order valence-corrected chi connectivity index (χ0v) is 9.83. The number of aryl methyl sites for hydroxylation is 1. The summed E-state index contributed by atoms with van der Waals surface area (Å²) in [6.45, 7) is 1.81. The van der Waals surface area contributed by atoms with Crippen LogP contribution in [0.25, 0.3) is 0 Å². The lowest BCUT2D eigenvalue weighted by atomic mass is 10.2. The third-order valence-electron chi connectivity index (χ3n) is 2.54. The number of aromatic nitrogens is 2. The fourth-order valence-electron chi connectivity index (χ4n) is 1.57. The van der Waals surface area contributed by atoms with Crippen LogP contribution in [0.2, 0.25) is 0 Å². The molecule has 0 aliphatic rings. The number of hydrogen-bond acceptors (Lipinski definition) is 3. The van der Waals surface area contributed by atoms with Crippen LogP contribution in [0, 0.1) is 0 Å². The molecule has 0 aliphatic heterocycles. The molecule has 2 aromatic heterocycles. The van der Waals surface area contributed by atoms with Crippen molar-refractivity contribution in [2.45, 2.75) is 13.0 Å². The zero-order valence-electron chi connectivity index (χ0n) is 9.83. The molecule has 0 saturated carbocycles. The molecule has 0 amide bonds. The van der Waals surface area contributed by atoms with Gasteiger partial charge >= 0.3 is 5.97 Å². The number of esters is 1. The van der Waals surface area contributed by atoms with Gasteiger partial charge in [-0.25, -0.2) is 4.79 Å². The molecule has 0 fully saturated rings. The highest BCUT2D eigenvalue weighted by Gasteiger charge is 2.16. The normalized spacial score (nSPS) is 12.1. The first-order valence-electron chi connectivity index (χ1n) is 5.41. The maximum absolute atomic E-state index is 11.8. The molecule has 2 heterocycles. The lowest BCUT2D eigenvalue weighted by Crippen LogP contribution is -2.13. The van der Waals surface area contributed by atoms with Crippen LogP contribution in [-0.2, 0) is 11.8 Å². The highest BCUT2D eigenvalue weighted by molar-refractivity contribution is 5.87. The molecule has 17 heavy (non-hydrogen) atoms. The van der Waals surface area contributed by atoms with E-state index in [1.54, 1.807) is 16.8 Å². The summed E-state index contributed by atoms with van der Waals surface area (Å²) in [4.78, 5) is 16.0. The molecule has 0 saturated heterocycles. The number of nitrogens with zero attached hydrogens (tertiary/aromatic N) is 2. The lowest BCUT2D eigenvalue weighted by Gasteiger charge is -2.12. The van der Waals surface area contributed by atoms with E-state index in [1.807, 2.05) is 44.4 Å². The van der Waals surface area contributed by atoms with Gasteiger partial charge in [0.2, 0.25) is 0 Å². The number of pyridine rings is 1. The predicted molar refractivity (Wildman–Crippen MR) is 63.5 cm³/mol. The van der Waals surface area contributed by atoms with Gasteiger partial charge in [0.1, 0.15) is 11.8 Å². The lowest BCUT2D eigenvalue weighted by molar-refractivity contribution is 0.0318. The van der Waals surface area contributed by atoms with Crippen molar-refractivity contribution in [1.29, 1.82) is 0 Å². The Morgan fingerprint density at radius 3 is 2.76 bits per heavy atom.